The van der Waals surface area contributed by atoms with E-state index in [1.165, 1.54) is 5.56 Å². The Morgan fingerprint density at radius 3 is 2.53 bits per heavy atom. The fourth-order valence-electron chi connectivity index (χ4n) is 2.60. The van der Waals surface area contributed by atoms with Crippen LogP contribution in [0.1, 0.15) is 27.9 Å². The molecule has 2 aromatic rings. The van der Waals surface area contributed by atoms with Crippen LogP contribution in [0.3, 0.4) is 0 Å². The van der Waals surface area contributed by atoms with Crippen molar-refractivity contribution >= 4 is 11.9 Å². The first-order chi connectivity index (χ1) is 9.34. The molecule has 0 heterocycles. The summed E-state index contributed by atoms with van der Waals surface area (Å²) in [5.41, 5.74) is 3.24. The van der Waals surface area contributed by atoms with Crippen LogP contribution in [-0.2, 0) is 6.42 Å². The molecule has 0 spiro atoms. The Balaban J connectivity index is 1.81. The summed E-state index contributed by atoms with van der Waals surface area (Å²) < 4.78 is 0. The molecular weight excluding hydrogens is 232 g/mol. The number of Topliss-reactive ketones (excluding diaryl/α,β-unsaturated/α-hetero) is 1. The molecule has 0 radical (unpaired) electrons. The van der Waals surface area contributed by atoms with Crippen LogP contribution in [0.15, 0.2) is 60.7 Å². The highest BCUT2D eigenvalue weighted by Crippen LogP contribution is 2.26. The molecule has 0 aliphatic heterocycles. The van der Waals surface area contributed by atoms with Crippen LogP contribution in [-0.4, -0.2) is 5.78 Å². The second kappa shape index (κ2) is 5.23. The third-order valence-electron chi connectivity index (χ3n) is 3.66. The van der Waals surface area contributed by atoms with Gasteiger partial charge in [0.1, 0.15) is 0 Å². The second-order valence-electron chi connectivity index (χ2n) is 4.94. The van der Waals surface area contributed by atoms with Crippen LogP contribution in [0, 0.1) is 5.92 Å². The van der Waals surface area contributed by atoms with E-state index in [4.69, 9.17) is 0 Å². The first kappa shape index (κ1) is 11.9. The van der Waals surface area contributed by atoms with Crippen LogP contribution in [0.4, 0.5) is 0 Å². The number of fused-ring (bicyclic) bond motifs is 1. The molecule has 2 aromatic carbocycles. The largest absolute Gasteiger partial charge is 0.294 e. The molecule has 94 valence electrons. The molecule has 19 heavy (non-hydrogen) atoms. The van der Waals surface area contributed by atoms with Crippen molar-refractivity contribution in [3.8, 4) is 0 Å². The average molecular weight is 248 g/mol. The maximum absolute atomic E-state index is 12.4. The zero-order valence-electron chi connectivity index (χ0n) is 10.8. The summed E-state index contributed by atoms with van der Waals surface area (Å²) in [6.45, 7) is 0. The molecule has 1 unspecified atom stereocenters. The smallest absolute Gasteiger partial charge is 0.169 e. The lowest BCUT2D eigenvalue weighted by Gasteiger charge is -2.20. The van der Waals surface area contributed by atoms with Crippen molar-refractivity contribution in [1.82, 2.24) is 0 Å². The summed E-state index contributed by atoms with van der Waals surface area (Å²) >= 11 is 0. The fourth-order valence-corrected chi connectivity index (χ4v) is 2.60. The number of carbonyl (C=O) groups is 1. The summed E-state index contributed by atoms with van der Waals surface area (Å²) in [5.74, 6) is 0.282. The Morgan fingerprint density at radius 1 is 0.947 bits per heavy atom. The molecule has 0 aromatic heterocycles. The van der Waals surface area contributed by atoms with Gasteiger partial charge in [0.05, 0.1) is 0 Å². The summed E-state index contributed by atoms with van der Waals surface area (Å²) in [4.78, 5) is 12.4. The molecular formula is C18H16O. The number of ketones is 1. The summed E-state index contributed by atoms with van der Waals surface area (Å²) in [6.07, 6.45) is 6.01. The van der Waals surface area contributed by atoms with Crippen molar-refractivity contribution < 1.29 is 4.79 Å². The topological polar surface area (TPSA) is 17.1 Å². The van der Waals surface area contributed by atoms with Crippen molar-refractivity contribution in [2.75, 3.05) is 0 Å². The van der Waals surface area contributed by atoms with Crippen molar-refractivity contribution in [1.29, 1.82) is 0 Å². The van der Waals surface area contributed by atoms with E-state index in [0.717, 1.165) is 24.0 Å². The standard InChI is InChI=1S/C18H16O/c19-18-16(11-10-14-6-2-1-3-7-14)13-12-15-8-4-5-9-17(15)18/h1-11,16H,12-13H2. The van der Waals surface area contributed by atoms with Crippen LogP contribution >= 0.6 is 0 Å². The minimum Gasteiger partial charge on any atom is -0.294 e. The molecule has 1 heteroatoms. The maximum atomic E-state index is 12.4. The third kappa shape index (κ3) is 2.50. The van der Waals surface area contributed by atoms with Crippen molar-refractivity contribution in [2.45, 2.75) is 12.8 Å². The Hall–Kier alpha value is -2.15. The van der Waals surface area contributed by atoms with Gasteiger partial charge < -0.3 is 0 Å². The van der Waals surface area contributed by atoms with Crippen molar-refractivity contribution in [3.63, 3.8) is 0 Å². The number of hydrogen-bond donors (Lipinski definition) is 0. The summed E-state index contributed by atoms with van der Waals surface area (Å²) in [6, 6.07) is 18.1. The minimum atomic E-state index is 0.0232. The van der Waals surface area contributed by atoms with Crippen LogP contribution in [0.2, 0.25) is 0 Å². The molecule has 0 amide bonds. The second-order valence-corrected chi connectivity index (χ2v) is 4.94. The monoisotopic (exact) mass is 248 g/mol. The third-order valence-corrected chi connectivity index (χ3v) is 3.66. The quantitative estimate of drug-likeness (QED) is 0.780. The molecule has 1 nitrogen and oxygen atoms in total. The van der Waals surface area contributed by atoms with Gasteiger partial charge in [0.15, 0.2) is 5.78 Å². The van der Waals surface area contributed by atoms with Gasteiger partial charge >= 0.3 is 0 Å². The molecule has 1 atom stereocenters. The number of benzene rings is 2. The Bertz CT molecular complexity index is 611. The molecule has 0 fully saturated rings. The lowest BCUT2D eigenvalue weighted by atomic mass is 9.82. The normalized spacial score (nSPS) is 18.5. The van der Waals surface area contributed by atoms with Crippen LogP contribution < -0.4 is 0 Å². The van der Waals surface area contributed by atoms with E-state index in [9.17, 15) is 4.79 Å². The van der Waals surface area contributed by atoms with Gasteiger partial charge in [0.25, 0.3) is 0 Å². The van der Waals surface area contributed by atoms with Crippen LogP contribution in [0.5, 0.6) is 0 Å². The highest BCUT2D eigenvalue weighted by molar-refractivity contribution is 6.01. The first-order valence-electron chi connectivity index (χ1n) is 6.70. The van der Waals surface area contributed by atoms with E-state index in [1.54, 1.807) is 0 Å². The molecule has 0 saturated heterocycles. The van der Waals surface area contributed by atoms with E-state index < -0.39 is 0 Å². The van der Waals surface area contributed by atoms with Gasteiger partial charge in [-0.3, -0.25) is 4.79 Å². The highest BCUT2D eigenvalue weighted by atomic mass is 16.1. The van der Waals surface area contributed by atoms with E-state index in [0.29, 0.717) is 0 Å². The number of aryl methyl sites for hydroxylation is 1. The van der Waals surface area contributed by atoms with Crippen LogP contribution in [0.25, 0.3) is 6.08 Å². The van der Waals surface area contributed by atoms with E-state index in [2.05, 4.69) is 24.3 Å². The Kier molecular flexibility index (Phi) is 3.28. The molecule has 0 saturated carbocycles. The predicted molar refractivity (Wildman–Crippen MR) is 78.1 cm³/mol. The summed E-state index contributed by atoms with van der Waals surface area (Å²) in [7, 11) is 0. The van der Waals surface area contributed by atoms with Gasteiger partial charge in [-0.1, -0.05) is 66.7 Å². The Labute approximate surface area is 113 Å². The average Bonchev–Trinajstić information content (AvgIpc) is 2.48. The van der Waals surface area contributed by atoms with E-state index in [-0.39, 0.29) is 11.7 Å². The Morgan fingerprint density at radius 2 is 1.68 bits per heavy atom. The first-order valence-corrected chi connectivity index (χ1v) is 6.70. The number of rotatable bonds is 2. The van der Waals surface area contributed by atoms with Crippen molar-refractivity contribution in [2.24, 2.45) is 5.92 Å². The lowest BCUT2D eigenvalue weighted by Crippen LogP contribution is -2.20. The number of carbonyl (C=O) groups excluding carboxylic acids is 1. The zero-order chi connectivity index (χ0) is 13.1. The maximum Gasteiger partial charge on any atom is 0.169 e. The zero-order valence-corrected chi connectivity index (χ0v) is 10.8. The number of hydrogen-bond acceptors (Lipinski definition) is 1. The lowest BCUT2D eigenvalue weighted by molar-refractivity contribution is 0.0931. The number of allylic oxidation sites excluding steroid dienone is 1. The van der Waals surface area contributed by atoms with Gasteiger partial charge in [0.2, 0.25) is 0 Å². The van der Waals surface area contributed by atoms with Gasteiger partial charge in [-0.15, -0.1) is 0 Å². The van der Waals surface area contributed by atoms with Gasteiger partial charge in [-0.2, -0.15) is 0 Å². The van der Waals surface area contributed by atoms with Gasteiger partial charge in [-0.25, -0.2) is 0 Å². The molecule has 1 aliphatic carbocycles. The summed E-state index contributed by atoms with van der Waals surface area (Å²) in [5, 5.41) is 0. The van der Waals surface area contributed by atoms with E-state index >= 15 is 0 Å². The SMILES string of the molecule is O=C1c2ccccc2CCC1C=Cc1ccccc1. The predicted octanol–water partition coefficient (Wildman–Crippen LogP) is 4.15. The molecule has 3 rings (SSSR count). The van der Waals surface area contributed by atoms with E-state index in [1.807, 2.05) is 42.5 Å². The van der Waals surface area contributed by atoms with Crippen molar-refractivity contribution in [3.05, 3.63) is 77.4 Å². The molecule has 1 aliphatic rings. The highest BCUT2D eigenvalue weighted by Gasteiger charge is 2.24. The molecule has 0 bridgehead atoms. The molecule has 0 N–H and O–H groups in total. The fraction of sp³-hybridized carbons (Fsp3) is 0.167. The van der Waals surface area contributed by atoms with Gasteiger partial charge in [0, 0.05) is 11.5 Å². The van der Waals surface area contributed by atoms with Gasteiger partial charge in [-0.05, 0) is 24.0 Å². The minimum absolute atomic E-state index is 0.0232.